The van der Waals surface area contributed by atoms with Crippen molar-refractivity contribution in [2.24, 2.45) is 0 Å². The lowest BCUT2D eigenvalue weighted by Gasteiger charge is -2.12. The van der Waals surface area contributed by atoms with Gasteiger partial charge in [-0.3, -0.25) is 14.3 Å². The van der Waals surface area contributed by atoms with Crippen molar-refractivity contribution in [1.29, 1.82) is 0 Å². The van der Waals surface area contributed by atoms with Crippen molar-refractivity contribution in [2.45, 2.75) is 20.0 Å². The van der Waals surface area contributed by atoms with Gasteiger partial charge in [0.05, 0.1) is 34.3 Å². The van der Waals surface area contributed by atoms with Gasteiger partial charge in [0.1, 0.15) is 0 Å². The highest BCUT2D eigenvalue weighted by atomic mass is 19.4. The van der Waals surface area contributed by atoms with Crippen molar-refractivity contribution in [3.8, 4) is 5.69 Å². The first-order valence-corrected chi connectivity index (χ1v) is 8.10. The molecule has 8 heteroatoms. The second-order valence-corrected chi connectivity index (χ2v) is 5.81. The summed E-state index contributed by atoms with van der Waals surface area (Å²) in [5.41, 5.74) is -0.490. The second kappa shape index (κ2) is 6.86. The van der Waals surface area contributed by atoms with Crippen LogP contribution in [0.1, 0.15) is 28.5 Å². The third kappa shape index (κ3) is 3.55. The molecule has 2 aromatic heterocycles. The molecule has 5 nitrogen and oxygen atoms in total. The van der Waals surface area contributed by atoms with Gasteiger partial charge >= 0.3 is 12.1 Å². The number of ether oxygens (including phenoxy) is 1. The number of fused-ring (bicyclic) bond motifs is 1. The molecule has 1 aromatic carbocycles. The van der Waals surface area contributed by atoms with E-state index in [0.717, 1.165) is 16.7 Å². The molecule has 0 amide bonds. The van der Waals surface area contributed by atoms with Gasteiger partial charge in [-0.1, -0.05) is 6.07 Å². The number of esters is 1. The zero-order valence-electron chi connectivity index (χ0n) is 14.5. The topological polar surface area (TPSA) is 61.2 Å². The highest BCUT2D eigenvalue weighted by Crippen LogP contribution is 2.30. The highest BCUT2D eigenvalue weighted by Gasteiger charge is 2.30. The normalized spacial score (nSPS) is 11.6. The monoisotopic (exact) mass is 376 g/mol. The van der Waals surface area contributed by atoms with Gasteiger partial charge in [0.15, 0.2) is 0 Å². The van der Waals surface area contributed by atoms with Crippen molar-refractivity contribution >= 4 is 16.9 Å². The van der Waals surface area contributed by atoms with Crippen molar-refractivity contribution in [2.75, 3.05) is 6.61 Å². The molecule has 0 aliphatic heterocycles. The quantitative estimate of drug-likeness (QED) is 0.651. The summed E-state index contributed by atoms with van der Waals surface area (Å²) in [6.45, 7) is 3.44. The van der Waals surface area contributed by atoms with E-state index in [4.69, 9.17) is 4.74 Å². The maximum Gasteiger partial charge on any atom is 0.416 e. The Bertz CT molecular complexity index is 1090. The van der Waals surface area contributed by atoms with Gasteiger partial charge in [-0.25, -0.2) is 4.79 Å². The molecule has 2 heterocycles. The van der Waals surface area contributed by atoms with E-state index in [0.29, 0.717) is 11.2 Å². The zero-order valence-corrected chi connectivity index (χ0v) is 14.5. The Morgan fingerprint density at radius 3 is 2.63 bits per heavy atom. The predicted octanol–water partition coefficient (Wildman–Crippen LogP) is 3.89. The molecule has 0 atom stereocenters. The Balaban J connectivity index is 2.19. The van der Waals surface area contributed by atoms with Crippen LogP contribution in [-0.2, 0) is 10.9 Å². The van der Waals surface area contributed by atoms with Gasteiger partial charge < -0.3 is 4.74 Å². The zero-order chi connectivity index (χ0) is 19.8. The Morgan fingerprint density at radius 1 is 1.22 bits per heavy atom. The summed E-state index contributed by atoms with van der Waals surface area (Å²) >= 11 is 0. The minimum atomic E-state index is -4.52. The molecule has 0 saturated heterocycles. The first kappa shape index (κ1) is 18.6. The lowest BCUT2D eigenvalue weighted by atomic mass is 10.1. The van der Waals surface area contributed by atoms with E-state index in [1.807, 2.05) is 0 Å². The van der Waals surface area contributed by atoms with Crippen molar-refractivity contribution in [3.63, 3.8) is 0 Å². The van der Waals surface area contributed by atoms with E-state index in [1.54, 1.807) is 13.8 Å². The lowest BCUT2D eigenvalue weighted by Crippen LogP contribution is -2.20. The van der Waals surface area contributed by atoms with Crippen LogP contribution in [0.4, 0.5) is 13.2 Å². The number of benzene rings is 1. The third-order valence-electron chi connectivity index (χ3n) is 4.02. The third-order valence-corrected chi connectivity index (χ3v) is 4.02. The number of halogens is 3. The molecule has 0 bridgehead atoms. The number of nitrogens with zero attached hydrogens (tertiary/aromatic N) is 2. The van der Waals surface area contributed by atoms with Gasteiger partial charge in [-0.05, 0) is 44.2 Å². The van der Waals surface area contributed by atoms with Crippen LogP contribution < -0.4 is 5.56 Å². The molecular weight excluding hydrogens is 361 g/mol. The molecule has 0 radical (unpaired) electrons. The van der Waals surface area contributed by atoms with Crippen LogP contribution in [0.15, 0.2) is 47.4 Å². The van der Waals surface area contributed by atoms with E-state index in [1.165, 1.54) is 30.5 Å². The number of rotatable bonds is 3. The predicted molar refractivity (Wildman–Crippen MR) is 93.0 cm³/mol. The second-order valence-electron chi connectivity index (χ2n) is 5.81. The van der Waals surface area contributed by atoms with Crippen LogP contribution in [0.25, 0.3) is 16.6 Å². The van der Waals surface area contributed by atoms with E-state index in [9.17, 15) is 22.8 Å². The fourth-order valence-electron chi connectivity index (χ4n) is 2.72. The van der Waals surface area contributed by atoms with Crippen LogP contribution in [0, 0.1) is 6.92 Å². The first-order valence-electron chi connectivity index (χ1n) is 8.10. The number of hydrogen-bond donors (Lipinski definition) is 0. The number of alkyl halides is 3. The number of pyridine rings is 2. The highest BCUT2D eigenvalue weighted by molar-refractivity contribution is 5.95. The average molecular weight is 376 g/mol. The van der Waals surface area contributed by atoms with Gasteiger partial charge in [0, 0.05) is 11.9 Å². The molecule has 0 saturated carbocycles. The summed E-state index contributed by atoms with van der Waals surface area (Å²) in [6.07, 6.45) is -3.16. The Morgan fingerprint density at radius 2 is 1.96 bits per heavy atom. The number of carbonyl (C=O) groups is 1. The summed E-state index contributed by atoms with van der Waals surface area (Å²) in [5.74, 6) is -0.613. The minimum absolute atomic E-state index is 0.0648. The number of aromatic nitrogens is 2. The molecule has 0 spiro atoms. The van der Waals surface area contributed by atoms with Gasteiger partial charge in [-0.15, -0.1) is 0 Å². The number of carbonyl (C=O) groups excluding carboxylic acids is 1. The molecular formula is C19H15F3N2O3. The van der Waals surface area contributed by atoms with E-state index in [-0.39, 0.29) is 23.2 Å². The molecule has 140 valence electrons. The maximum absolute atomic E-state index is 12.9. The smallest absolute Gasteiger partial charge is 0.416 e. The molecule has 0 N–H and O–H groups in total. The van der Waals surface area contributed by atoms with Gasteiger partial charge in [0.25, 0.3) is 5.56 Å². The van der Waals surface area contributed by atoms with Crippen LogP contribution in [0.3, 0.4) is 0 Å². The largest absolute Gasteiger partial charge is 0.462 e. The fraction of sp³-hybridized carbons (Fsp3) is 0.211. The van der Waals surface area contributed by atoms with Crippen LogP contribution in [0.5, 0.6) is 0 Å². The molecule has 0 aliphatic carbocycles. The fourth-order valence-corrected chi connectivity index (χ4v) is 2.72. The van der Waals surface area contributed by atoms with Crippen molar-refractivity contribution in [1.82, 2.24) is 9.55 Å². The van der Waals surface area contributed by atoms with E-state index in [2.05, 4.69) is 4.98 Å². The molecule has 3 rings (SSSR count). The molecule has 3 aromatic rings. The van der Waals surface area contributed by atoms with Gasteiger partial charge in [-0.2, -0.15) is 13.2 Å². The molecule has 27 heavy (non-hydrogen) atoms. The van der Waals surface area contributed by atoms with Crippen LogP contribution in [-0.4, -0.2) is 22.1 Å². The van der Waals surface area contributed by atoms with Crippen LogP contribution >= 0.6 is 0 Å². The number of aryl methyl sites for hydroxylation is 1. The Kier molecular flexibility index (Phi) is 4.73. The lowest BCUT2D eigenvalue weighted by molar-refractivity contribution is -0.137. The summed E-state index contributed by atoms with van der Waals surface area (Å²) in [7, 11) is 0. The Labute approximate surface area is 152 Å². The van der Waals surface area contributed by atoms with E-state index < -0.39 is 23.3 Å². The Hall–Kier alpha value is -3.16. The first-order chi connectivity index (χ1) is 12.7. The maximum atomic E-state index is 12.9. The standard InChI is InChI=1S/C19H15F3N2O3/c1-3-27-18(26)14-10-15-16(23-11(14)2)7-8-24(17(15)25)13-6-4-5-12(9-13)19(20,21)22/h4-10H,3H2,1-2H3. The summed E-state index contributed by atoms with van der Waals surface area (Å²) < 4.78 is 44.9. The minimum Gasteiger partial charge on any atom is -0.462 e. The van der Waals surface area contributed by atoms with E-state index >= 15 is 0 Å². The molecule has 0 unspecified atom stereocenters. The van der Waals surface area contributed by atoms with Crippen LogP contribution in [0.2, 0.25) is 0 Å². The average Bonchev–Trinajstić information content (AvgIpc) is 2.61. The summed E-state index contributed by atoms with van der Waals surface area (Å²) in [4.78, 5) is 29.1. The summed E-state index contributed by atoms with van der Waals surface area (Å²) in [5, 5.41) is 0.114. The molecule has 0 fully saturated rings. The van der Waals surface area contributed by atoms with Gasteiger partial charge in [0.2, 0.25) is 0 Å². The van der Waals surface area contributed by atoms with Crippen molar-refractivity contribution < 1.29 is 22.7 Å². The van der Waals surface area contributed by atoms with Crippen molar-refractivity contribution in [3.05, 3.63) is 69.8 Å². The molecule has 0 aliphatic rings. The summed E-state index contributed by atoms with van der Waals surface area (Å²) in [6, 6.07) is 7.32. The SMILES string of the molecule is CCOC(=O)c1cc2c(=O)n(-c3cccc(C(F)(F)F)c3)ccc2nc1C. The number of hydrogen-bond acceptors (Lipinski definition) is 4.